The Bertz CT molecular complexity index is 958. The van der Waals surface area contributed by atoms with Crippen LogP contribution < -0.4 is 10.6 Å². The molecule has 3 aromatic rings. The number of nitrogens with one attached hydrogen (secondary N) is 2. The maximum atomic E-state index is 13.3. The van der Waals surface area contributed by atoms with E-state index in [9.17, 15) is 14.0 Å². The summed E-state index contributed by atoms with van der Waals surface area (Å²) < 4.78 is 18.2. The van der Waals surface area contributed by atoms with Crippen molar-refractivity contribution >= 4 is 40.7 Å². The lowest BCUT2D eigenvalue weighted by Crippen LogP contribution is -2.32. The molecule has 0 saturated heterocycles. The van der Waals surface area contributed by atoms with Gasteiger partial charge in [-0.3, -0.25) is 9.59 Å². The van der Waals surface area contributed by atoms with Crippen LogP contribution in [0.15, 0.2) is 52.4 Å². The lowest BCUT2D eigenvalue weighted by atomic mass is 10.1. The highest BCUT2D eigenvalue weighted by Crippen LogP contribution is 2.26. The van der Waals surface area contributed by atoms with Crippen LogP contribution in [0.25, 0.3) is 0 Å². The minimum atomic E-state index is -0.455. The van der Waals surface area contributed by atoms with E-state index in [1.54, 1.807) is 32.0 Å². The highest BCUT2D eigenvalue weighted by Gasteiger charge is 2.21. The first-order valence-electron chi connectivity index (χ1n) is 8.86. The molecule has 0 aliphatic rings. The molecule has 0 unspecified atom stereocenters. The topological polar surface area (TPSA) is 84.2 Å². The maximum absolute atomic E-state index is 13.3. The second-order valence-electron chi connectivity index (χ2n) is 6.33. The van der Waals surface area contributed by atoms with E-state index >= 15 is 0 Å². The number of hydrogen-bond donors (Lipinski definition) is 2. The van der Waals surface area contributed by atoms with Crippen molar-refractivity contribution in [2.75, 3.05) is 11.1 Å². The molecule has 2 atom stereocenters. The number of halogens is 1. The number of carbonyl (C=O) groups excluding carboxylic acids is 2. The largest absolute Gasteiger partial charge is 0.360 e. The standard InChI is InChI=1S/C20H20FN3O3S2/c1-12-10-17(24-27-12)22-20(26)13(2)29-11-18(25)23-19(16-4-3-9-28-16)14-5-7-15(21)8-6-14/h3-10,13,19H,11H2,1-2H3,(H,23,25)(H,22,24,26)/t13-,19-/m1/s1. The number of nitrogens with zero attached hydrogens (tertiary/aromatic N) is 1. The van der Waals surface area contributed by atoms with Gasteiger partial charge in [-0.1, -0.05) is 23.4 Å². The number of rotatable bonds is 8. The predicted octanol–water partition coefficient (Wildman–Crippen LogP) is 4.15. The number of aromatic nitrogens is 1. The van der Waals surface area contributed by atoms with E-state index in [0.29, 0.717) is 11.6 Å². The van der Waals surface area contributed by atoms with Crippen molar-refractivity contribution in [2.24, 2.45) is 0 Å². The number of amides is 2. The molecule has 0 bridgehead atoms. The molecule has 9 heteroatoms. The Hall–Kier alpha value is -2.65. The molecular formula is C20H20FN3O3S2. The molecule has 0 saturated carbocycles. The third kappa shape index (κ3) is 5.91. The summed E-state index contributed by atoms with van der Waals surface area (Å²) >= 11 is 2.73. The van der Waals surface area contributed by atoms with Crippen LogP contribution >= 0.6 is 23.1 Å². The number of benzene rings is 1. The van der Waals surface area contributed by atoms with Crippen molar-refractivity contribution in [3.63, 3.8) is 0 Å². The van der Waals surface area contributed by atoms with Gasteiger partial charge in [0.05, 0.1) is 17.0 Å². The Labute approximate surface area is 175 Å². The molecule has 0 radical (unpaired) electrons. The number of aryl methyl sites for hydroxylation is 1. The van der Waals surface area contributed by atoms with Gasteiger partial charge in [0.15, 0.2) is 5.82 Å². The van der Waals surface area contributed by atoms with Gasteiger partial charge in [-0.05, 0) is 43.0 Å². The fourth-order valence-corrected chi connectivity index (χ4v) is 4.06. The van der Waals surface area contributed by atoms with Gasteiger partial charge in [-0.15, -0.1) is 23.1 Å². The zero-order chi connectivity index (χ0) is 20.8. The highest BCUT2D eigenvalue weighted by molar-refractivity contribution is 8.01. The molecule has 0 aliphatic heterocycles. The zero-order valence-electron chi connectivity index (χ0n) is 15.8. The first kappa shape index (κ1) is 21.1. The SMILES string of the molecule is Cc1cc(NC(=O)[C@@H](C)SCC(=O)N[C@H](c2ccc(F)cc2)c2cccs2)no1. The summed E-state index contributed by atoms with van der Waals surface area (Å²) in [6.45, 7) is 3.45. The van der Waals surface area contributed by atoms with E-state index < -0.39 is 5.25 Å². The Kier molecular flexibility index (Phi) is 7.05. The fraction of sp³-hybridized carbons (Fsp3) is 0.250. The molecule has 2 amide bonds. The van der Waals surface area contributed by atoms with E-state index in [2.05, 4.69) is 15.8 Å². The zero-order valence-corrected chi connectivity index (χ0v) is 17.5. The molecule has 6 nitrogen and oxygen atoms in total. The van der Waals surface area contributed by atoms with Crippen molar-refractivity contribution in [3.8, 4) is 0 Å². The van der Waals surface area contributed by atoms with Crippen LogP contribution in [0.1, 0.15) is 29.2 Å². The molecule has 29 heavy (non-hydrogen) atoms. The lowest BCUT2D eigenvalue weighted by molar-refractivity contribution is -0.119. The molecule has 3 rings (SSSR count). The molecular weight excluding hydrogens is 413 g/mol. The summed E-state index contributed by atoms with van der Waals surface area (Å²) in [5.41, 5.74) is 0.791. The van der Waals surface area contributed by atoms with Crippen LogP contribution in [0.2, 0.25) is 0 Å². The third-order valence-electron chi connectivity index (χ3n) is 4.05. The number of anilines is 1. The Morgan fingerprint density at radius 1 is 1.28 bits per heavy atom. The number of hydrogen-bond acceptors (Lipinski definition) is 6. The smallest absolute Gasteiger partial charge is 0.238 e. The van der Waals surface area contributed by atoms with Crippen LogP contribution in [-0.4, -0.2) is 28.0 Å². The third-order valence-corrected chi connectivity index (χ3v) is 6.13. The molecule has 2 heterocycles. The van der Waals surface area contributed by atoms with E-state index in [-0.39, 0.29) is 29.4 Å². The summed E-state index contributed by atoms with van der Waals surface area (Å²) in [4.78, 5) is 25.7. The Morgan fingerprint density at radius 3 is 2.66 bits per heavy atom. The Balaban J connectivity index is 1.57. The second kappa shape index (κ2) is 9.71. The van der Waals surface area contributed by atoms with Crippen LogP contribution in [0.4, 0.5) is 10.2 Å². The maximum Gasteiger partial charge on any atom is 0.238 e. The molecule has 152 valence electrons. The van der Waals surface area contributed by atoms with Gasteiger partial charge in [-0.25, -0.2) is 4.39 Å². The lowest BCUT2D eigenvalue weighted by Gasteiger charge is -2.19. The van der Waals surface area contributed by atoms with Crippen LogP contribution in [-0.2, 0) is 9.59 Å². The van der Waals surface area contributed by atoms with Crippen molar-refractivity contribution in [1.29, 1.82) is 0 Å². The van der Waals surface area contributed by atoms with Gasteiger partial charge < -0.3 is 15.2 Å². The normalized spacial score (nSPS) is 12.9. The molecule has 2 aromatic heterocycles. The molecule has 2 N–H and O–H groups in total. The van der Waals surface area contributed by atoms with Gasteiger partial charge >= 0.3 is 0 Å². The first-order chi connectivity index (χ1) is 13.9. The average molecular weight is 434 g/mol. The summed E-state index contributed by atoms with van der Waals surface area (Å²) in [5, 5.41) is 10.8. The van der Waals surface area contributed by atoms with Crippen molar-refractivity contribution in [3.05, 3.63) is 69.9 Å². The van der Waals surface area contributed by atoms with Gasteiger partial charge in [0, 0.05) is 10.9 Å². The van der Waals surface area contributed by atoms with E-state index in [4.69, 9.17) is 4.52 Å². The molecule has 0 spiro atoms. The quantitative estimate of drug-likeness (QED) is 0.558. The van der Waals surface area contributed by atoms with Crippen molar-refractivity contribution in [1.82, 2.24) is 10.5 Å². The van der Waals surface area contributed by atoms with Gasteiger partial charge in [0.2, 0.25) is 11.8 Å². The second-order valence-corrected chi connectivity index (χ2v) is 8.64. The van der Waals surface area contributed by atoms with Gasteiger partial charge in [0.25, 0.3) is 0 Å². The van der Waals surface area contributed by atoms with E-state index in [0.717, 1.165) is 10.4 Å². The van der Waals surface area contributed by atoms with Crippen molar-refractivity contribution < 1.29 is 18.5 Å². The number of thiophene rings is 1. The monoisotopic (exact) mass is 433 g/mol. The summed E-state index contributed by atoms with van der Waals surface area (Å²) in [5.74, 6) is 0.246. The Morgan fingerprint density at radius 2 is 2.03 bits per heavy atom. The summed E-state index contributed by atoms with van der Waals surface area (Å²) in [6, 6.07) is 11.1. The van der Waals surface area contributed by atoms with Crippen molar-refractivity contribution in [2.45, 2.75) is 25.1 Å². The predicted molar refractivity (Wildman–Crippen MR) is 112 cm³/mol. The van der Waals surface area contributed by atoms with Gasteiger partial charge in [0.1, 0.15) is 11.6 Å². The highest BCUT2D eigenvalue weighted by atomic mass is 32.2. The number of carbonyl (C=O) groups is 2. The summed E-state index contributed by atoms with van der Waals surface area (Å²) in [6.07, 6.45) is 0. The molecule has 1 aromatic carbocycles. The van der Waals surface area contributed by atoms with Crippen LogP contribution in [0.5, 0.6) is 0 Å². The minimum Gasteiger partial charge on any atom is -0.360 e. The molecule has 0 fully saturated rings. The van der Waals surface area contributed by atoms with Gasteiger partial charge in [-0.2, -0.15) is 0 Å². The minimum absolute atomic E-state index is 0.107. The first-order valence-corrected chi connectivity index (χ1v) is 10.8. The average Bonchev–Trinajstić information content (AvgIpc) is 3.37. The van der Waals surface area contributed by atoms with Crippen LogP contribution in [0, 0.1) is 12.7 Å². The van der Waals surface area contributed by atoms with E-state index in [1.165, 1.54) is 35.2 Å². The fourth-order valence-electron chi connectivity index (χ4n) is 2.56. The van der Waals surface area contributed by atoms with Crippen LogP contribution in [0.3, 0.4) is 0 Å². The molecule has 0 aliphatic carbocycles. The number of thioether (sulfide) groups is 1. The van der Waals surface area contributed by atoms with E-state index in [1.807, 2.05) is 17.5 Å². The summed E-state index contributed by atoms with van der Waals surface area (Å²) in [7, 11) is 0.